The van der Waals surface area contributed by atoms with Crippen molar-refractivity contribution >= 4 is 17.2 Å². The second kappa shape index (κ2) is 5.94. The quantitative estimate of drug-likeness (QED) is 0.690. The standard InChI is InChI=1S/C12H22N2OS/c13-12(16)6-8-14(10-3-4-10)7-5-11-2-1-9-15-11/h10-11H,1-9H2,(H2,13,16). The van der Waals surface area contributed by atoms with Crippen LogP contribution in [0.15, 0.2) is 0 Å². The molecule has 0 spiro atoms. The van der Waals surface area contributed by atoms with E-state index in [1.165, 1.54) is 32.1 Å². The Morgan fingerprint density at radius 2 is 2.12 bits per heavy atom. The molecule has 1 saturated heterocycles. The van der Waals surface area contributed by atoms with Gasteiger partial charge in [0.2, 0.25) is 0 Å². The molecule has 0 aromatic rings. The van der Waals surface area contributed by atoms with Crippen LogP contribution < -0.4 is 5.73 Å². The third-order valence-electron chi connectivity index (χ3n) is 3.47. The molecular formula is C12H22N2OS. The van der Waals surface area contributed by atoms with Crippen LogP contribution in [0.1, 0.15) is 38.5 Å². The third-order valence-corrected chi connectivity index (χ3v) is 3.68. The monoisotopic (exact) mass is 242 g/mol. The van der Waals surface area contributed by atoms with Gasteiger partial charge in [0, 0.05) is 32.2 Å². The predicted molar refractivity (Wildman–Crippen MR) is 69.6 cm³/mol. The minimum absolute atomic E-state index is 0.506. The fraction of sp³-hybridized carbons (Fsp3) is 0.917. The molecule has 0 amide bonds. The lowest BCUT2D eigenvalue weighted by Gasteiger charge is -2.23. The number of ether oxygens (including phenoxy) is 1. The Hall–Kier alpha value is -0.190. The maximum absolute atomic E-state index is 5.65. The van der Waals surface area contributed by atoms with Crippen LogP contribution in [0.25, 0.3) is 0 Å². The van der Waals surface area contributed by atoms with Gasteiger partial charge >= 0.3 is 0 Å². The lowest BCUT2D eigenvalue weighted by atomic mass is 10.1. The molecule has 1 aliphatic heterocycles. The zero-order valence-corrected chi connectivity index (χ0v) is 10.7. The summed E-state index contributed by atoms with van der Waals surface area (Å²) in [6, 6.07) is 0.802. The molecule has 1 aliphatic carbocycles. The normalized spacial score (nSPS) is 25.2. The van der Waals surface area contributed by atoms with Crippen LogP contribution in [0.4, 0.5) is 0 Å². The van der Waals surface area contributed by atoms with Crippen molar-refractivity contribution in [3.63, 3.8) is 0 Å². The van der Waals surface area contributed by atoms with Gasteiger partial charge < -0.3 is 10.5 Å². The van der Waals surface area contributed by atoms with E-state index < -0.39 is 0 Å². The molecule has 1 atom stereocenters. The maximum Gasteiger partial charge on any atom is 0.0740 e. The first kappa shape index (κ1) is 12.3. The minimum Gasteiger partial charge on any atom is -0.393 e. The highest BCUT2D eigenvalue weighted by atomic mass is 32.1. The van der Waals surface area contributed by atoms with Crippen molar-refractivity contribution in [2.75, 3.05) is 19.7 Å². The second-order valence-electron chi connectivity index (χ2n) is 4.91. The van der Waals surface area contributed by atoms with Gasteiger partial charge in [-0.15, -0.1) is 0 Å². The number of thiocarbonyl (C=S) groups is 1. The second-order valence-corrected chi connectivity index (χ2v) is 5.43. The van der Waals surface area contributed by atoms with E-state index in [9.17, 15) is 0 Å². The predicted octanol–water partition coefficient (Wildman–Crippen LogP) is 1.70. The van der Waals surface area contributed by atoms with Crippen LogP contribution in [0.2, 0.25) is 0 Å². The van der Waals surface area contributed by atoms with Gasteiger partial charge in [-0.3, -0.25) is 4.90 Å². The van der Waals surface area contributed by atoms with E-state index in [0.717, 1.165) is 32.2 Å². The molecule has 1 saturated carbocycles. The molecule has 3 nitrogen and oxygen atoms in total. The molecule has 0 aromatic carbocycles. The number of nitrogens with two attached hydrogens (primary N) is 1. The maximum atomic E-state index is 5.65. The zero-order chi connectivity index (χ0) is 11.4. The fourth-order valence-corrected chi connectivity index (χ4v) is 2.44. The molecule has 1 unspecified atom stereocenters. The van der Waals surface area contributed by atoms with Gasteiger partial charge in [0.05, 0.1) is 11.1 Å². The summed E-state index contributed by atoms with van der Waals surface area (Å²) in [6.07, 6.45) is 7.72. The minimum atomic E-state index is 0.506. The van der Waals surface area contributed by atoms with Crippen molar-refractivity contribution in [1.29, 1.82) is 0 Å². The molecule has 2 N–H and O–H groups in total. The average Bonchev–Trinajstić information content (AvgIpc) is 2.95. The van der Waals surface area contributed by atoms with Gasteiger partial charge in [-0.1, -0.05) is 12.2 Å². The van der Waals surface area contributed by atoms with E-state index in [2.05, 4.69) is 4.90 Å². The lowest BCUT2D eigenvalue weighted by Crippen LogP contribution is -2.32. The third kappa shape index (κ3) is 4.00. The highest BCUT2D eigenvalue weighted by Crippen LogP contribution is 2.28. The first-order chi connectivity index (χ1) is 7.75. The highest BCUT2D eigenvalue weighted by Gasteiger charge is 2.29. The van der Waals surface area contributed by atoms with Crippen LogP contribution in [0.5, 0.6) is 0 Å². The van der Waals surface area contributed by atoms with Gasteiger partial charge in [-0.2, -0.15) is 0 Å². The topological polar surface area (TPSA) is 38.5 Å². The van der Waals surface area contributed by atoms with E-state index in [-0.39, 0.29) is 0 Å². The number of rotatable bonds is 7. The molecule has 4 heteroatoms. The van der Waals surface area contributed by atoms with Crippen molar-refractivity contribution < 1.29 is 4.74 Å². The van der Waals surface area contributed by atoms with Crippen molar-refractivity contribution in [2.45, 2.75) is 50.7 Å². The summed E-state index contributed by atoms with van der Waals surface area (Å²) in [5.74, 6) is 0. The molecule has 0 radical (unpaired) electrons. The molecule has 0 aromatic heterocycles. The van der Waals surface area contributed by atoms with Gasteiger partial charge in [-0.25, -0.2) is 0 Å². The van der Waals surface area contributed by atoms with Crippen molar-refractivity contribution in [3.8, 4) is 0 Å². The van der Waals surface area contributed by atoms with Crippen LogP contribution in [0.3, 0.4) is 0 Å². The molecule has 16 heavy (non-hydrogen) atoms. The summed E-state index contributed by atoms with van der Waals surface area (Å²) in [5.41, 5.74) is 5.56. The first-order valence-corrected chi connectivity index (χ1v) is 6.80. The Balaban J connectivity index is 1.67. The van der Waals surface area contributed by atoms with E-state index in [0.29, 0.717) is 11.1 Å². The van der Waals surface area contributed by atoms with Crippen molar-refractivity contribution in [1.82, 2.24) is 4.90 Å². The molecular weight excluding hydrogens is 220 g/mol. The molecule has 1 heterocycles. The summed E-state index contributed by atoms with van der Waals surface area (Å²) < 4.78 is 5.65. The molecule has 2 rings (SSSR count). The summed E-state index contributed by atoms with van der Waals surface area (Å²) >= 11 is 4.94. The Bertz CT molecular complexity index is 237. The van der Waals surface area contributed by atoms with E-state index >= 15 is 0 Å². The van der Waals surface area contributed by atoms with E-state index in [1.54, 1.807) is 0 Å². The number of nitrogens with zero attached hydrogens (tertiary/aromatic N) is 1. The first-order valence-electron chi connectivity index (χ1n) is 6.39. The Labute approximate surface area is 103 Å². The van der Waals surface area contributed by atoms with Gasteiger partial charge in [0.15, 0.2) is 0 Å². The molecule has 2 fully saturated rings. The van der Waals surface area contributed by atoms with E-state index in [4.69, 9.17) is 22.7 Å². The Kier molecular flexibility index (Phi) is 4.55. The van der Waals surface area contributed by atoms with Crippen LogP contribution in [-0.2, 0) is 4.74 Å². The van der Waals surface area contributed by atoms with E-state index in [1.807, 2.05) is 0 Å². The van der Waals surface area contributed by atoms with Crippen LogP contribution in [-0.4, -0.2) is 41.7 Å². The summed E-state index contributed by atoms with van der Waals surface area (Å²) in [4.78, 5) is 3.18. The largest absolute Gasteiger partial charge is 0.393 e. The molecule has 2 aliphatic rings. The molecule has 92 valence electrons. The summed E-state index contributed by atoms with van der Waals surface area (Å²) in [7, 11) is 0. The van der Waals surface area contributed by atoms with Gasteiger partial charge in [0.25, 0.3) is 0 Å². The zero-order valence-electron chi connectivity index (χ0n) is 9.86. The smallest absolute Gasteiger partial charge is 0.0740 e. The Morgan fingerprint density at radius 1 is 1.31 bits per heavy atom. The van der Waals surface area contributed by atoms with Gasteiger partial charge in [0.1, 0.15) is 0 Å². The number of hydrogen-bond donors (Lipinski definition) is 1. The summed E-state index contributed by atoms with van der Waals surface area (Å²) in [5, 5.41) is 0. The SMILES string of the molecule is NC(=S)CCN(CCC1CCCO1)C1CC1. The van der Waals surface area contributed by atoms with Crippen LogP contribution in [0, 0.1) is 0 Å². The Morgan fingerprint density at radius 3 is 2.69 bits per heavy atom. The van der Waals surface area contributed by atoms with Gasteiger partial charge in [-0.05, 0) is 32.1 Å². The number of hydrogen-bond acceptors (Lipinski definition) is 3. The van der Waals surface area contributed by atoms with Crippen molar-refractivity contribution in [2.24, 2.45) is 5.73 Å². The lowest BCUT2D eigenvalue weighted by molar-refractivity contribution is 0.0912. The fourth-order valence-electron chi connectivity index (χ4n) is 2.35. The molecule has 0 bridgehead atoms. The van der Waals surface area contributed by atoms with Crippen molar-refractivity contribution in [3.05, 3.63) is 0 Å². The van der Waals surface area contributed by atoms with Crippen LogP contribution >= 0.6 is 12.2 Å². The summed E-state index contributed by atoms with van der Waals surface area (Å²) in [6.45, 7) is 3.14. The average molecular weight is 242 g/mol. The highest BCUT2D eigenvalue weighted by molar-refractivity contribution is 7.80.